The summed E-state index contributed by atoms with van der Waals surface area (Å²) < 4.78 is 5.19. The van der Waals surface area contributed by atoms with Gasteiger partial charge in [-0.1, -0.05) is 42.5 Å². The average molecular weight is 394 g/mol. The number of rotatable bonds is 7. The number of ether oxygens (including phenoxy) is 1. The number of anilines is 1. The van der Waals surface area contributed by atoms with Crippen LogP contribution in [0.4, 0.5) is 11.4 Å². The van der Waals surface area contributed by atoms with Gasteiger partial charge in [0.1, 0.15) is 11.8 Å². The second-order valence-electron chi connectivity index (χ2n) is 6.97. The van der Waals surface area contributed by atoms with E-state index in [1.807, 2.05) is 30.4 Å². The largest absolute Gasteiger partial charge is 0.494 e. The van der Waals surface area contributed by atoms with Crippen LogP contribution in [0, 0.1) is 10.1 Å². The molecule has 1 amide bonds. The highest BCUT2D eigenvalue weighted by molar-refractivity contribution is 5.95. The van der Waals surface area contributed by atoms with Crippen molar-refractivity contribution >= 4 is 28.1 Å². The van der Waals surface area contributed by atoms with Crippen molar-refractivity contribution in [3.63, 3.8) is 0 Å². The molecule has 3 aromatic rings. The Kier molecular flexibility index (Phi) is 6.09. The van der Waals surface area contributed by atoms with Gasteiger partial charge in [-0.25, -0.2) is 0 Å². The zero-order valence-electron chi connectivity index (χ0n) is 16.6. The second kappa shape index (κ2) is 8.70. The minimum absolute atomic E-state index is 0.0700. The number of benzene rings is 3. The van der Waals surface area contributed by atoms with Gasteiger partial charge in [-0.15, -0.1) is 0 Å². The smallest absolute Gasteiger partial charge is 0.282 e. The van der Waals surface area contributed by atoms with E-state index in [1.165, 1.54) is 30.7 Å². The number of methoxy groups -OCH3 is 1. The standard InChI is InChI=1S/C22H23N3O4/c1-14(18-10-6-8-16-7-4-5-9-19(16)18)23-15(2)22(26)24-20-12-11-17(25(27)28)13-21(20)29-3/h4-15,23H,1-3H3,(H,24,26)/p+1/t14-,15+/m1/s1. The van der Waals surface area contributed by atoms with E-state index in [2.05, 4.69) is 36.5 Å². The first-order valence-electron chi connectivity index (χ1n) is 9.36. The van der Waals surface area contributed by atoms with Crippen molar-refractivity contribution < 1.29 is 19.8 Å². The van der Waals surface area contributed by atoms with Crippen LogP contribution < -0.4 is 15.4 Å². The number of carbonyl (C=O) groups is 1. The van der Waals surface area contributed by atoms with Gasteiger partial charge < -0.3 is 15.4 Å². The first-order chi connectivity index (χ1) is 13.9. The summed E-state index contributed by atoms with van der Waals surface area (Å²) in [5.41, 5.74) is 1.47. The number of fused-ring (bicyclic) bond motifs is 1. The molecule has 0 radical (unpaired) electrons. The second-order valence-corrected chi connectivity index (χ2v) is 6.97. The molecule has 0 aliphatic rings. The van der Waals surface area contributed by atoms with Crippen LogP contribution in [0.1, 0.15) is 25.5 Å². The molecular formula is C22H24N3O4+. The summed E-state index contributed by atoms with van der Waals surface area (Å²) in [4.78, 5) is 23.1. The van der Waals surface area contributed by atoms with Crippen LogP contribution in [0.15, 0.2) is 60.7 Å². The summed E-state index contributed by atoms with van der Waals surface area (Å²) in [6, 6.07) is 18.2. The first kappa shape index (κ1) is 20.3. The van der Waals surface area contributed by atoms with E-state index in [-0.39, 0.29) is 29.4 Å². The van der Waals surface area contributed by atoms with E-state index < -0.39 is 4.92 Å². The molecule has 2 atom stereocenters. The number of nitrogens with zero attached hydrogens (tertiary/aromatic N) is 1. The Morgan fingerprint density at radius 2 is 1.83 bits per heavy atom. The van der Waals surface area contributed by atoms with E-state index in [9.17, 15) is 14.9 Å². The molecule has 0 saturated heterocycles. The van der Waals surface area contributed by atoms with Gasteiger partial charge in [-0.3, -0.25) is 14.9 Å². The van der Waals surface area contributed by atoms with Crippen LogP contribution in [0.3, 0.4) is 0 Å². The molecule has 0 saturated carbocycles. The number of non-ortho nitro benzene ring substituents is 1. The van der Waals surface area contributed by atoms with Crippen LogP contribution in [0.2, 0.25) is 0 Å². The van der Waals surface area contributed by atoms with Crippen LogP contribution in [0.5, 0.6) is 5.75 Å². The zero-order chi connectivity index (χ0) is 21.0. The van der Waals surface area contributed by atoms with Crippen LogP contribution in [-0.2, 0) is 4.79 Å². The lowest BCUT2D eigenvalue weighted by atomic mass is 9.99. The fourth-order valence-electron chi connectivity index (χ4n) is 3.41. The fourth-order valence-corrected chi connectivity index (χ4v) is 3.41. The summed E-state index contributed by atoms with van der Waals surface area (Å²) in [6.07, 6.45) is 0. The maximum absolute atomic E-state index is 12.7. The lowest BCUT2D eigenvalue weighted by Gasteiger charge is -2.19. The van der Waals surface area contributed by atoms with Crippen molar-refractivity contribution in [2.45, 2.75) is 25.9 Å². The van der Waals surface area contributed by atoms with Crippen molar-refractivity contribution in [1.29, 1.82) is 0 Å². The highest BCUT2D eigenvalue weighted by Gasteiger charge is 2.23. The zero-order valence-corrected chi connectivity index (χ0v) is 16.6. The Morgan fingerprint density at radius 3 is 2.55 bits per heavy atom. The van der Waals surface area contributed by atoms with Gasteiger partial charge in [-0.2, -0.15) is 0 Å². The molecule has 3 N–H and O–H groups in total. The summed E-state index contributed by atoms with van der Waals surface area (Å²) in [5.74, 6) is 0.0473. The molecule has 0 bridgehead atoms. The molecule has 0 aliphatic heterocycles. The maximum Gasteiger partial charge on any atom is 0.282 e. The highest BCUT2D eigenvalue weighted by Crippen LogP contribution is 2.29. The van der Waals surface area contributed by atoms with Crippen molar-refractivity contribution in [3.05, 3.63) is 76.3 Å². The van der Waals surface area contributed by atoms with Gasteiger partial charge in [0, 0.05) is 11.6 Å². The Bertz CT molecular complexity index is 1050. The van der Waals surface area contributed by atoms with Gasteiger partial charge in [0.15, 0.2) is 6.04 Å². The molecule has 7 nitrogen and oxygen atoms in total. The number of amides is 1. The molecule has 0 aromatic heterocycles. The fraction of sp³-hybridized carbons (Fsp3) is 0.227. The molecule has 3 aromatic carbocycles. The minimum Gasteiger partial charge on any atom is -0.494 e. The van der Waals surface area contributed by atoms with Crippen molar-refractivity contribution in [3.8, 4) is 5.75 Å². The van der Waals surface area contributed by atoms with Gasteiger partial charge >= 0.3 is 0 Å². The molecule has 29 heavy (non-hydrogen) atoms. The van der Waals surface area contributed by atoms with Gasteiger partial charge in [-0.05, 0) is 30.7 Å². The number of hydrogen-bond acceptors (Lipinski definition) is 4. The highest BCUT2D eigenvalue weighted by atomic mass is 16.6. The molecular weight excluding hydrogens is 370 g/mol. The summed E-state index contributed by atoms with van der Waals surface area (Å²) in [5, 5.41) is 18.1. The third-order valence-corrected chi connectivity index (χ3v) is 4.96. The molecule has 0 spiro atoms. The quantitative estimate of drug-likeness (QED) is 0.474. The number of nitro benzene ring substituents is 1. The molecule has 0 fully saturated rings. The van der Waals surface area contributed by atoms with E-state index in [0.29, 0.717) is 5.69 Å². The Labute approximate surface area is 168 Å². The SMILES string of the molecule is COc1cc([N+](=O)[O-])ccc1NC(=O)[C@H](C)[NH2+][C@H](C)c1cccc2ccccc12. The van der Waals surface area contributed by atoms with E-state index in [0.717, 1.165) is 10.9 Å². The van der Waals surface area contributed by atoms with Gasteiger partial charge in [0.25, 0.3) is 11.6 Å². The van der Waals surface area contributed by atoms with E-state index in [1.54, 1.807) is 0 Å². The summed E-state index contributed by atoms with van der Waals surface area (Å²) in [7, 11) is 1.41. The molecule has 0 unspecified atom stereocenters. The average Bonchev–Trinajstić information content (AvgIpc) is 2.73. The van der Waals surface area contributed by atoms with Crippen LogP contribution in [-0.4, -0.2) is 24.0 Å². The monoisotopic (exact) mass is 394 g/mol. The normalized spacial score (nSPS) is 12.9. The van der Waals surface area contributed by atoms with Crippen LogP contribution >= 0.6 is 0 Å². The minimum atomic E-state index is -0.504. The molecule has 0 aliphatic carbocycles. The van der Waals surface area contributed by atoms with E-state index in [4.69, 9.17) is 4.74 Å². The number of carbonyl (C=O) groups excluding carboxylic acids is 1. The van der Waals surface area contributed by atoms with Crippen molar-refractivity contribution in [2.24, 2.45) is 0 Å². The van der Waals surface area contributed by atoms with E-state index >= 15 is 0 Å². The van der Waals surface area contributed by atoms with Crippen molar-refractivity contribution in [1.82, 2.24) is 0 Å². The Balaban J connectivity index is 1.73. The third kappa shape index (κ3) is 4.52. The predicted molar refractivity (Wildman–Crippen MR) is 112 cm³/mol. The predicted octanol–water partition coefficient (Wildman–Crippen LogP) is 3.41. The van der Waals surface area contributed by atoms with Gasteiger partial charge in [0.2, 0.25) is 0 Å². The van der Waals surface area contributed by atoms with Gasteiger partial charge in [0.05, 0.1) is 23.8 Å². The number of nitro groups is 1. The molecule has 0 heterocycles. The van der Waals surface area contributed by atoms with Crippen molar-refractivity contribution in [2.75, 3.05) is 12.4 Å². The third-order valence-electron chi connectivity index (χ3n) is 4.96. The Hall–Kier alpha value is -3.45. The summed E-state index contributed by atoms with van der Waals surface area (Å²) in [6.45, 7) is 3.90. The number of quaternary nitrogens is 1. The van der Waals surface area contributed by atoms with Crippen LogP contribution in [0.25, 0.3) is 10.8 Å². The topological polar surface area (TPSA) is 98.1 Å². The lowest BCUT2D eigenvalue weighted by Crippen LogP contribution is -2.91. The Morgan fingerprint density at radius 1 is 1.10 bits per heavy atom. The number of hydrogen-bond donors (Lipinski definition) is 2. The molecule has 7 heteroatoms. The number of nitrogens with one attached hydrogen (secondary N) is 1. The lowest BCUT2D eigenvalue weighted by molar-refractivity contribution is -0.709. The molecule has 150 valence electrons. The first-order valence-corrected chi connectivity index (χ1v) is 9.36. The molecule has 3 rings (SSSR count). The number of nitrogens with two attached hydrogens (primary N) is 1. The maximum atomic E-state index is 12.7. The summed E-state index contributed by atoms with van der Waals surface area (Å²) >= 11 is 0.